The van der Waals surface area contributed by atoms with Crippen LogP contribution in [0.5, 0.6) is 5.75 Å². The molecule has 1 heterocycles. The van der Waals surface area contributed by atoms with Crippen molar-refractivity contribution in [1.29, 1.82) is 0 Å². The molecule has 0 amide bonds. The van der Waals surface area contributed by atoms with Crippen molar-refractivity contribution < 1.29 is 4.74 Å². The fourth-order valence-electron chi connectivity index (χ4n) is 0.864. The van der Waals surface area contributed by atoms with Crippen LogP contribution >= 0.6 is 0 Å². The Balaban J connectivity index is 2.71. The minimum atomic E-state index is 0.221. The van der Waals surface area contributed by atoms with E-state index in [0.29, 0.717) is 0 Å². The SMILES string of the molecule is Bc1cncc(OC(C)C)c1. The Labute approximate surface area is 68.0 Å². The predicted octanol–water partition coefficient (Wildman–Crippen LogP) is 0.127. The molecule has 11 heavy (non-hydrogen) atoms. The number of rotatable bonds is 2. The average Bonchev–Trinajstić information content (AvgIpc) is 1.85. The van der Waals surface area contributed by atoms with Gasteiger partial charge in [-0.15, -0.1) is 0 Å². The van der Waals surface area contributed by atoms with Crippen LogP contribution in [0, 0.1) is 0 Å². The summed E-state index contributed by atoms with van der Waals surface area (Å²) in [5.41, 5.74) is 1.13. The Bertz CT molecular complexity index is 237. The molecule has 0 radical (unpaired) electrons. The van der Waals surface area contributed by atoms with Crippen LogP contribution in [0.15, 0.2) is 18.5 Å². The van der Waals surface area contributed by atoms with Crippen molar-refractivity contribution in [3.8, 4) is 5.75 Å². The second-order valence-electron chi connectivity index (χ2n) is 2.86. The predicted molar refractivity (Wildman–Crippen MR) is 48.2 cm³/mol. The molecule has 0 atom stereocenters. The second-order valence-corrected chi connectivity index (χ2v) is 2.86. The summed E-state index contributed by atoms with van der Waals surface area (Å²) < 4.78 is 5.43. The maximum atomic E-state index is 5.43. The van der Waals surface area contributed by atoms with Crippen LogP contribution in [-0.2, 0) is 0 Å². The topological polar surface area (TPSA) is 22.1 Å². The third-order valence-corrected chi connectivity index (χ3v) is 1.22. The summed E-state index contributed by atoms with van der Waals surface area (Å²) in [7, 11) is 2.00. The van der Waals surface area contributed by atoms with E-state index in [1.54, 1.807) is 6.20 Å². The van der Waals surface area contributed by atoms with Gasteiger partial charge in [-0.25, -0.2) is 0 Å². The van der Waals surface area contributed by atoms with Crippen molar-refractivity contribution in [3.63, 3.8) is 0 Å². The van der Waals surface area contributed by atoms with Gasteiger partial charge in [-0.05, 0) is 19.9 Å². The Morgan fingerprint density at radius 2 is 2.18 bits per heavy atom. The molecule has 0 aliphatic rings. The van der Waals surface area contributed by atoms with Crippen molar-refractivity contribution in [2.24, 2.45) is 0 Å². The van der Waals surface area contributed by atoms with Crippen LogP contribution in [0.25, 0.3) is 0 Å². The molecule has 0 N–H and O–H groups in total. The van der Waals surface area contributed by atoms with E-state index in [0.717, 1.165) is 11.2 Å². The van der Waals surface area contributed by atoms with Gasteiger partial charge in [0.05, 0.1) is 12.3 Å². The van der Waals surface area contributed by atoms with E-state index in [4.69, 9.17) is 4.74 Å². The Morgan fingerprint density at radius 3 is 2.73 bits per heavy atom. The van der Waals surface area contributed by atoms with Gasteiger partial charge < -0.3 is 4.74 Å². The molecule has 2 nitrogen and oxygen atoms in total. The summed E-state index contributed by atoms with van der Waals surface area (Å²) in [6, 6.07) is 1.98. The van der Waals surface area contributed by atoms with Crippen molar-refractivity contribution in [2.45, 2.75) is 20.0 Å². The van der Waals surface area contributed by atoms with Crippen LogP contribution in [0.1, 0.15) is 13.8 Å². The average molecular weight is 149 g/mol. The highest BCUT2D eigenvalue weighted by Gasteiger charge is 1.96. The molecule has 0 aliphatic heterocycles. The van der Waals surface area contributed by atoms with Crippen LogP contribution in [0.3, 0.4) is 0 Å². The first-order valence-electron chi connectivity index (χ1n) is 3.77. The van der Waals surface area contributed by atoms with E-state index in [1.807, 2.05) is 34.0 Å². The largest absolute Gasteiger partial charge is 0.489 e. The second kappa shape index (κ2) is 3.42. The molecule has 0 unspecified atom stereocenters. The summed E-state index contributed by atoms with van der Waals surface area (Å²) >= 11 is 0. The molecular weight excluding hydrogens is 137 g/mol. The minimum Gasteiger partial charge on any atom is -0.489 e. The molecule has 0 aromatic carbocycles. The number of pyridine rings is 1. The van der Waals surface area contributed by atoms with Gasteiger partial charge >= 0.3 is 0 Å². The van der Waals surface area contributed by atoms with Crippen LogP contribution in [0.2, 0.25) is 0 Å². The zero-order valence-electron chi connectivity index (χ0n) is 7.16. The first-order chi connectivity index (χ1) is 5.18. The number of hydrogen-bond donors (Lipinski definition) is 0. The fraction of sp³-hybridized carbons (Fsp3) is 0.375. The molecule has 0 fully saturated rings. The third-order valence-electron chi connectivity index (χ3n) is 1.22. The highest BCUT2D eigenvalue weighted by molar-refractivity contribution is 6.32. The number of nitrogens with zero attached hydrogens (tertiary/aromatic N) is 1. The summed E-state index contributed by atoms with van der Waals surface area (Å²) in [6.07, 6.45) is 3.76. The lowest BCUT2D eigenvalue weighted by atomic mass is 9.99. The van der Waals surface area contributed by atoms with Crippen molar-refractivity contribution in [3.05, 3.63) is 18.5 Å². The van der Waals surface area contributed by atoms with E-state index in [9.17, 15) is 0 Å². The van der Waals surface area contributed by atoms with E-state index in [-0.39, 0.29) is 6.10 Å². The number of aromatic nitrogens is 1. The Hall–Kier alpha value is -0.985. The summed E-state index contributed by atoms with van der Waals surface area (Å²) in [4.78, 5) is 4.01. The maximum absolute atomic E-state index is 5.43. The smallest absolute Gasteiger partial charge is 0.141 e. The molecule has 0 aliphatic carbocycles. The maximum Gasteiger partial charge on any atom is 0.141 e. The van der Waals surface area contributed by atoms with Gasteiger partial charge in [-0.2, -0.15) is 0 Å². The first kappa shape index (κ1) is 8.11. The molecule has 0 bridgehead atoms. The lowest BCUT2D eigenvalue weighted by molar-refractivity contribution is 0.241. The Morgan fingerprint density at radius 1 is 1.45 bits per heavy atom. The van der Waals surface area contributed by atoms with Crippen molar-refractivity contribution in [2.75, 3.05) is 0 Å². The molecule has 58 valence electrons. The van der Waals surface area contributed by atoms with Crippen molar-refractivity contribution in [1.82, 2.24) is 4.98 Å². The van der Waals surface area contributed by atoms with E-state index in [2.05, 4.69) is 4.98 Å². The van der Waals surface area contributed by atoms with Gasteiger partial charge in [0.1, 0.15) is 13.6 Å². The van der Waals surface area contributed by atoms with Gasteiger partial charge in [0, 0.05) is 6.20 Å². The molecule has 1 rings (SSSR count). The van der Waals surface area contributed by atoms with Gasteiger partial charge in [0.2, 0.25) is 0 Å². The zero-order chi connectivity index (χ0) is 8.27. The normalized spacial score (nSPS) is 10.1. The third kappa shape index (κ3) is 2.62. The van der Waals surface area contributed by atoms with E-state index in [1.165, 1.54) is 0 Å². The van der Waals surface area contributed by atoms with Crippen LogP contribution < -0.4 is 10.2 Å². The van der Waals surface area contributed by atoms with Gasteiger partial charge in [0.15, 0.2) is 0 Å². The number of ether oxygens (including phenoxy) is 1. The fourth-order valence-corrected chi connectivity index (χ4v) is 0.864. The molecule has 0 saturated carbocycles. The number of hydrogen-bond acceptors (Lipinski definition) is 2. The monoisotopic (exact) mass is 149 g/mol. The zero-order valence-corrected chi connectivity index (χ0v) is 7.16. The van der Waals surface area contributed by atoms with Gasteiger partial charge in [-0.1, -0.05) is 5.46 Å². The molecule has 1 aromatic heterocycles. The van der Waals surface area contributed by atoms with Crippen LogP contribution in [0.4, 0.5) is 0 Å². The highest BCUT2D eigenvalue weighted by Crippen LogP contribution is 2.06. The lowest BCUT2D eigenvalue weighted by Crippen LogP contribution is -2.09. The summed E-state index contributed by atoms with van der Waals surface area (Å²) in [5.74, 6) is 0.847. The molecule has 0 spiro atoms. The molecule has 0 saturated heterocycles. The summed E-state index contributed by atoms with van der Waals surface area (Å²) in [5, 5.41) is 0. The molecular formula is C8H12BNO. The van der Waals surface area contributed by atoms with Crippen molar-refractivity contribution >= 4 is 13.3 Å². The minimum absolute atomic E-state index is 0.221. The first-order valence-corrected chi connectivity index (χ1v) is 3.77. The quantitative estimate of drug-likeness (QED) is 0.557. The van der Waals surface area contributed by atoms with E-state index >= 15 is 0 Å². The summed E-state index contributed by atoms with van der Waals surface area (Å²) in [6.45, 7) is 4.00. The van der Waals surface area contributed by atoms with Gasteiger partial charge in [-0.3, -0.25) is 4.98 Å². The highest BCUT2D eigenvalue weighted by atomic mass is 16.5. The standard InChI is InChI=1S/C8H12BNO/c1-6(2)11-8-3-7(9)4-10-5-8/h3-6H,9H2,1-2H3. The lowest BCUT2D eigenvalue weighted by Gasteiger charge is -2.08. The van der Waals surface area contributed by atoms with E-state index < -0.39 is 0 Å². The molecule has 3 heteroatoms. The Kier molecular flexibility index (Phi) is 2.52. The van der Waals surface area contributed by atoms with Crippen LogP contribution in [-0.4, -0.2) is 18.9 Å². The molecule has 1 aromatic rings. The van der Waals surface area contributed by atoms with Gasteiger partial charge in [0.25, 0.3) is 0 Å².